The molecule has 0 saturated heterocycles. The molecule has 2 aromatic rings. The maximum absolute atomic E-state index is 14.5. The van der Waals surface area contributed by atoms with Crippen molar-refractivity contribution in [3.8, 4) is 0 Å². The lowest BCUT2D eigenvalue weighted by atomic mass is 9.95. The van der Waals surface area contributed by atoms with Crippen molar-refractivity contribution in [3.63, 3.8) is 0 Å². The zero-order valence-electron chi connectivity index (χ0n) is 20.5. The van der Waals surface area contributed by atoms with E-state index in [2.05, 4.69) is 5.32 Å². The van der Waals surface area contributed by atoms with Crippen LogP contribution in [0, 0.1) is 12.7 Å². The van der Waals surface area contributed by atoms with Crippen molar-refractivity contribution in [3.05, 3.63) is 65.5 Å². The zero-order chi connectivity index (χ0) is 25.6. The molecular weight excluding hydrogens is 469 g/mol. The van der Waals surface area contributed by atoms with Gasteiger partial charge in [0.2, 0.25) is 21.8 Å². The number of nitrogens with one attached hydrogen (secondary N) is 1. The normalized spacial score (nSPS) is 15.3. The number of hydrogen-bond donors (Lipinski definition) is 1. The van der Waals surface area contributed by atoms with Gasteiger partial charge in [0.25, 0.3) is 0 Å². The molecule has 0 spiro atoms. The standard InChI is InChI=1S/C26H34FN3O4S/c1-19-13-15-21(16-14-19)17-29(20(2)26(32)28-22-9-5-4-6-10-22)25(31)18-30(35(3,33)34)24-12-8-7-11-23(24)27/h7-8,11-16,20,22H,4-6,9-10,17-18H2,1-3H3,(H,28,32). The Bertz CT molecular complexity index is 1130. The molecule has 0 heterocycles. The Kier molecular flexibility index (Phi) is 8.88. The van der Waals surface area contributed by atoms with E-state index in [4.69, 9.17) is 0 Å². The second-order valence-electron chi connectivity index (χ2n) is 9.25. The molecule has 1 saturated carbocycles. The number of amides is 2. The molecule has 7 nitrogen and oxygen atoms in total. The van der Waals surface area contributed by atoms with E-state index in [1.807, 2.05) is 31.2 Å². The summed E-state index contributed by atoms with van der Waals surface area (Å²) >= 11 is 0. The molecule has 1 fully saturated rings. The Balaban J connectivity index is 1.87. The number of rotatable bonds is 9. The third kappa shape index (κ3) is 7.27. The number of aryl methyl sites for hydroxylation is 1. The maximum Gasteiger partial charge on any atom is 0.244 e. The molecule has 0 radical (unpaired) electrons. The number of halogens is 1. The van der Waals surface area contributed by atoms with Gasteiger partial charge in [0, 0.05) is 12.6 Å². The third-order valence-electron chi connectivity index (χ3n) is 6.39. The summed E-state index contributed by atoms with van der Waals surface area (Å²) < 4.78 is 40.2. The van der Waals surface area contributed by atoms with Gasteiger partial charge in [0.1, 0.15) is 18.4 Å². The van der Waals surface area contributed by atoms with Crippen LogP contribution in [-0.4, -0.2) is 50.0 Å². The fraction of sp³-hybridized carbons (Fsp3) is 0.462. The summed E-state index contributed by atoms with van der Waals surface area (Å²) in [6.07, 6.45) is 5.99. The molecule has 2 amide bonds. The summed E-state index contributed by atoms with van der Waals surface area (Å²) in [4.78, 5) is 28.0. The van der Waals surface area contributed by atoms with Crippen molar-refractivity contribution in [2.75, 3.05) is 17.1 Å². The Morgan fingerprint density at radius 3 is 2.29 bits per heavy atom. The van der Waals surface area contributed by atoms with E-state index >= 15 is 0 Å². The van der Waals surface area contributed by atoms with E-state index in [1.165, 1.54) is 23.1 Å². The van der Waals surface area contributed by atoms with Gasteiger partial charge in [0.15, 0.2) is 0 Å². The molecule has 0 aromatic heterocycles. The quantitative estimate of drug-likeness (QED) is 0.565. The Labute approximate surface area is 207 Å². The summed E-state index contributed by atoms with van der Waals surface area (Å²) in [6.45, 7) is 3.09. The highest BCUT2D eigenvalue weighted by molar-refractivity contribution is 7.92. The van der Waals surface area contributed by atoms with Crippen LogP contribution in [-0.2, 0) is 26.2 Å². The van der Waals surface area contributed by atoms with E-state index in [-0.39, 0.29) is 24.2 Å². The zero-order valence-corrected chi connectivity index (χ0v) is 21.4. The number of carbonyl (C=O) groups is 2. The van der Waals surface area contributed by atoms with E-state index in [1.54, 1.807) is 6.92 Å². The second kappa shape index (κ2) is 11.7. The lowest BCUT2D eigenvalue weighted by Crippen LogP contribution is -2.53. The minimum atomic E-state index is -3.97. The number of sulfonamides is 1. The van der Waals surface area contributed by atoms with E-state index in [0.29, 0.717) is 0 Å². The fourth-order valence-corrected chi connectivity index (χ4v) is 5.14. The minimum Gasteiger partial charge on any atom is -0.352 e. The molecule has 9 heteroatoms. The van der Waals surface area contributed by atoms with Gasteiger partial charge in [-0.25, -0.2) is 12.8 Å². The van der Waals surface area contributed by atoms with Gasteiger partial charge in [-0.15, -0.1) is 0 Å². The van der Waals surface area contributed by atoms with Gasteiger partial charge in [-0.2, -0.15) is 0 Å². The number of benzene rings is 2. The Morgan fingerprint density at radius 2 is 1.69 bits per heavy atom. The van der Waals surface area contributed by atoms with Crippen molar-refractivity contribution in [2.45, 2.75) is 64.6 Å². The van der Waals surface area contributed by atoms with E-state index in [0.717, 1.165) is 59.9 Å². The lowest BCUT2D eigenvalue weighted by Gasteiger charge is -2.33. The van der Waals surface area contributed by atoms with E-state index in [9.17, 15) is 22.4 Å². The molecule has 1 atom stereocenters. The molecule has 0 aliphatic heterocycles. The summed E-state index contributed by atoms with van der Waals surface area (Å²) in [5.41, 5.74) is 1.65. The molecule has 0 bridgehead atoms. The largest absolute Gasteiger partial charge is 0.352 e. The molecule has 1 unspecified atom stereocenters. The predicted octanol–water partition coefficient (Wildman–Crippen LogP) is 3.77. The van der Waals surface area contributed by atoms with Crippen molar-refractivity contribution < 1.29 is 22.4 Å². The van der Waals surface area contributed by atoms with E-state index < -0.39 is 34.3 Å². The van der Waals surface area contributed by atoms with Crippen LogP contribution in [0.5, 0.6) is 0 Å². The predicted molar refractivity (Wildman–Crippen MR) is 135 cm³/mol. The Morgan fingerprint density at radius 1 is 1.06 bits per heavy atom. The van der Waals surface area contributed by atoms with Gasteiger partial charge in [-0.1, -0.05) is 61.2 Å². The molecule has 1 aliphatic rings. The number of carbonyl (C=O) groups excluding carboxylic acids is 2. The van der Waals surface area contributed by atoms with Crippen molar-refractivity contribution in [2.24, 2.45) is 0 Å². The van der Waals surface area contributed by atoms with Crippen LogP contribution in [0.4, 0.5) is 10.1 Å². The molecule has 2 aromatic carbocycles. The van der Waals surface area contributed by atoms with Gasteiger partial charge in [-0.05, 0) is 44.4 Å². The Hall–Kier alpha value is -2.94. The fourth-order valence-electron chi connectivity index (χ4n) is 4.29. The SMILES string of the molecule is Cc1ccc(CN(C(=O)CN(c2ccccc2F)S(C)(=O)=O)C(C)C(=O)NC2CCCCC2)cc1. The van der Waals surface area contributed by atoms with Crippen LogP contribution in [0.3, 0.4) is 0 Å². The number of para-hydroxylation sites is 1. The number of hydrogen-bond acceptors (Lipinski definition) is 4. The molecule has 35 heavy (non-hydrogen) atoms. The first kappa shape index (κ1) is 26.7. The molecule has 1 aliphatic carbocycles. The second-order valence-corrected chi connectivity index (χ2v) is 11.2. The van der Waals surface area contributed by atoms with Crippen LogP contribution in [0.25, 0.3) is 0 Å². The summed E-state index contributed by atoms with van der Waals surface area (Å²) in [5, 5.41) is 3.05. The first-order valence-corrected chi connectivity index (χ1v) is 13.8. The summed E-state index contributed by atoms with van der Waals surface area (Å²) in [7, 11) is -3.97. The number of nitrogens with zero attached hydrogens (tertiary/aromatic N) is 2. The first-order valence-electron chi connectivity index (χ1n) is 11.9. The van der Waals surface area contributed by atoms with Gasteiger partial charge in [-0.3, -0.25) is 13.9 Å². The smallest absolute Gasteiger partial charge is 0.244 e. The molecule has 3 rings (SSSR count). The number of anilines is 1. The highest BCUT2D eigenvalue weighted by Gasteiger charge is 2.31. The van der Waals surface area contributed by atoms with Gasteiger partial charge < -0.3 is 10.2 Å². The van der Waals surface area contributed by atoms with Gasteiger partial charge in [0.05, 0.1) is 11.9 Å². The maximum atomic E-state index is 14.5. The third-order valence-corrected chi connectivity index (χ3v) is 7.52. The molecule has 190 valence electrons. The topological polar surface area (TPSA) is 86.8 Å². The molecule has 1 N–H and O–H groups in total. The van der Waals surface area contributed by atoms with Crippen LogP contribution in [0.1, 0.15) is 50.2 Å². The monoisotopic (exact) mass is 503 g/mol. The van der Waals surface area contributed by atoms with Crippen molar-refractivity contribution in [1.29, 1.82) is 0 Å². The van der Waals surface area contributed by atoms with Crippen LogP contribution in [0.2, 0.25) is 0 Å². The summed E-state index contributed by atoms with van der Waals surface area (Å²) in [6, 6.07) is 12.2. The van der Waals surface area contributed by atoms with Crippen LogP contribution < -0.4 is 9.62 Å². The van der Waals surface area contributed by atoms with Crippen molar-refractivity contribution in [1.82, 2.24) is 10.2 Å². The highest BCUT2D eigenvalue weighted by Crippen LogP contribution is 2.23. The lowest BCUT2D eigenvalue weighted by molar-refractivity contribution is -0.139. The van der Waals surface area contributed by atoms with Gasteiger partial charge >= 0.3 is 0 Å². The average molecular weight is 504 g/mol. The van der Waals surface area contributed by atoms with Crippen LogP contribution in [0.15, 0.2) is 48.5 Å². The highest BCUT2D eigenvalue weighted by atomic mass is 32.2. The first-order chi connectivity index (χ1) is 16.6. The summed E-state index contributed by atoms with van der Waals surface area (Å²) in [5.74, 6) is -1.63. The minimum absolute atomic E-state index is 0.0703. The van der Waals surface area contributed by atoms with Crippen LogP contribution >= 0.6 is 0 Å². The van der Waals surface area contributed by atoms with Crippen molar-refractivity contribution >= 4 is 27.5 Å². The molecular formula is C26H34FN3O4S. The average Bonchev–Trinajstić information content (AvgIpc) is 2.82.